The highest BCUT2D eigenvalue weighted by atomic mass is 32.1. The first-order valence-corrected chi connectivity index (χ1v) is 7.53. The Morgan fingerprint density at radius 3 is 3.00 bits per heavy atom. The third-order valence-electron chi connectivity index (χ3n) is 3.53. The number of nitrogens with zero attached hydrogens (tertiary/aromatic N) is 1. The zero-order valence-electron chi connectivity index (χ0n) is 11.6. The summed E-state index contributed by atoms with van der Waals surface area (Å²) in [6.07, 6.45) is -0.697. The Kier molecular flexibility index (Phi) is 3.90. The normalized spacial score (nSPS) is 18.7. The van der Waals surface area contributed by atoms with Gasteiger partial charge < -0.3 is 14.4 Å². The molecule has 6 heteroatoms. The van der Waals surface area contributed by atoms with E-state index in [1.807, 2.05) is 29.6 Å². The van der Waals surface area contributed by atoms with Crippen molar-refractivity contribution < 1.29 is 19.1 Å². The molecule has 0 aliphatic carbocycles. The molecule has 1 saturated heterocycles. The van der Waals surface area contributed by atoms with E-state index in [1.165, 1.54) is 7.11 Å². The number of hydrogen-bond acceptors (Lipinski definition) is 5. The van der Waals surface area contributed by atoms with Crippen molar-refractivity contribution in [3.8, 4) is 0 Å². The van der Waals surface area contributed by atoms with E-state index in [4.69, 9.17) is 4.74 Å². The number of hydrogen-bond donors (Lipinski definition) is 0. The summed E-state index contributed by atoms with van der Waals surface area (Å²) in [4.78, 5) is 25.9. The Labute approximate surface area is 126 Å². The molecule has 0 radical (unpaired) electrons. The topological polar surface area (TPSA) is 55.8 Å². The minimum atomic E-state index is -0.697. The molecule has 0 bridgehead atoms. The molecule has 0 spiro atoms. The monoisotopic (exact) mass is 305 g/mol. The molecular formula is C15H15NO4S. The fourth-order valence-corrected chi connectivity index (χ4v) is 3.36. The largest absolute Gasteiger partial charge is 0.467 e. The van der Waals surface area contributed by atoms with Gasteiger partial charge in [0.25, 0.3) is 5.91 Å². The van der Waals surface area contributed by atoms with Crippen molar-refractivity contribution in [3.63, 3.8) is 0 Å². The van der Waals surface area contributed by atoms with Crippen LogP contribution in [0.25, 0.3) is 10.1 Å². The molecule has 1 aliphatic heterocycles. The van der Waals surface area contributed by atoms with Crippen LogP contribution < -0.4 is 0 Å². The zero-order valence-corrected chi connectivity index (χ0v) is 12.4. The van der Waals surface area contributed by atoms with Gasteiger partial charge in [-0.25, -0.2) is 4.79 Å². The maximum Gasteiger partial charge on any atom is 0.336 e. The Hall–Kier alpha value is -1.92. The fraction of sp³-hybridized carbons (Fsp3) is 0.333. The number of rotatable bonds is 2. The van der Waals surface area contributed by atoms with Crippen molar-refractivity contribution in [2.75, 3.05) is 26.8 Å². The number of benzene rings is 1. The van der Waals surface area contributed by atoms with Crippen LogP contribution in [0, 0.1) is 0 Å². The quantitative estimate of drug-likeness (QED) is 0.795. The molecule has 1 atom stereocenters. The van der Waals surface area contributed by atoms with Crippen LogP contribution >= 0.6 is 11.3 Å². The van der Waals surface area contributed by atoms with Crippen LogP contribution in [0.2, 0.25) is 0 Å². The van der Waals surface area contributed by atoms with Crippen molar-refractivity contribution in [2.24, 2.45) is 0 Å². The summed E-state index contributed by atoms with van der Waals surface area (Å²) in [5.74, 6) is -0.507. The summed E-state index contributed by atoms with van der Waals surface area (Å²) in [6, 6.07) is 7.81. The van der Waals surface area contributed by atoms with Gasteiger partial charge in [0.2, 0.25) is 0 Å². The average Bonchev–Trinajstić information content (AvgIpc) is 2.97. The number of thiophene rings is 1. The maximum atomic E-state index is 12.7. The number of carbonyl (C=O) groups excluding carboxylic acids is 2. The molecule has 2 heterocycles. The second-order valence-corrected chi connectivity index (χ2v) is 5.69. The Balaban J connectivity index is 1.83. The number of morpholine rings is 1. The van der Waals surface area contributed by atoms with Crippen molar-refractivity contribution in [3.05, 3.63) is 35.2 Å². The van der Waals surface area contributed by atoms with Gasteiger partial charge in [-0.1, -0.05) is 18.2 Å². The van der Waals surface area contributed by atoms with Gasteiger partial charge in [0.15, 0.2) is 6.10 Å². The van der Waals surface area contributed by atoms with Crippen molar-refractivity contribution >= 4 is 33.3 Å². The lowest BCUT2D eigenvalue weighted by molar-refractivity contribution is -0.158. The summed E-state index contributed by atoms with van der Waals surface area (Å²) in [5, 5.41) is 2.82. The van der Waals surface area contributed by atoms with E-state index in [0.29, 0.717) is 18.7 Å². The lowest BCUT2D eigenvalue weighted by Crippen LogP contribution is -2.48. The number of fused-ring (bicyclic) bond motifs is 1. The van der Waals surface area contributed by atoms with Crippen LogP contribution in [0.15, 0.2) is 29.6 Å². The molecule has 2 aromatic rings. The van der Waals surface area contributed by atoms with Gasteiger partial charge in [0.05, 0.1) is 25.8 Å². The van der Waals surface area contributed by atoms with Gasteiger partial charge >= 0.3 is 5.97 Å². The van der Waals surface area contributed by atoms with Crippen LogP contribution in [0.4, 0.5) is 0 Å². The molecule has 0 N–H and O–H groups in total. The van der Waals surface area contributed by atoms with E-state index in [2.05, 4.69) is 4.74 Å². The van der Waals surface area contributed by atoms with Gasteiger partial charge in [-0.2, -0.15) is 0 Å². The van der Waals surface area contributed by atoms with Gasteiger partial charge in [0.1, 0.15) is 0 Å². The van der Waals surface area contributed by atoms with Crippen molar-refractivity contribution in [2.45, 2.75) is 6.10 Å². The summed E-state index contributed by atoms with van der Waals surface area (Å²) in [7, 11) is 1.32. The SMILES string of the molecule is COC(=O)C1CN(C(=O)c2csc3ccccc23)CCO1. The van der Waals surface area contributed by atoms with Gasteiger partial charge in [0, 0.05) is 22.0 Å². The highest BCUT2D eigenvalue weighted by Crippen LogP contribution is 2.27. The Morgan fingerprint density at radius 2 is 2.19 bits per heavy atom. The number of ether oxygens (including phenoxy) is 2. The summed E-state index contributed by atoms with van der Waals surface area (Å²) in [5.41, 5.74) is 0.682. The first-order chi connectivity index (χ1) is 10.2. The molecule has 110 valence electrons. The Bertz CT molecular complexity index is 681. The lowest BCUT2D eigenvalue weighted by atomic mass is 10.1. The van der Waals surface area contributed by atoms with E-state index < -0.39 is 12.1 Å². The molecule has 1 unspecified atom stereocenters. The van der Waals surface area contributed by atoms with Gasteiger partial charge in [-0.05, 0) is 6.07 Å². The smallest absolute Gasteiger partial charge is 0.336 e. The van der Waals surface area contributed by atoms with E-state index in [0.717, 1.165) is 10.1 Å². The minimum absolute atomic E-state index is 0.0651. The van der Waals surface area contributed by atoms with Gasteiger partial charge in [-0.3, -0.25) is 4.79 Å². The molecule has 3 rings (SSSR count). The number of carbonyl (C=O) groups is 2. The predicted molar refractivity (Wildman–Crippen MR) is 79.5 cm³/mol. The first-order valence-electron chi connectivity index (χ1n) is 6.65. The van der Waals surface area contributed by atoms with Gasteiger partial charge in [-0.15, -0.1) is 11.3 Å². The van der Waals surface area contributed by atoms with Crippen molar-refractivity contribution in [1.82, 2.24) is 4.90 Å². The van der Waals surface area contributed by atoms with Crippen molar-refractivity contribution in [1.29, 1.82) is 0 Å². The molecule has 1 fully saturated rings. The van der Waals surface area contributed by atoms with Crippen LogP contribution in [0.3, 0.4) is 0 Å². The molecule has 1 amide bonds. The summed E-state index contributed by atoms with van der Waals surface area (Å²) < 4.78 is 11.1. The third kappa shape index (κ3) is 2.64. The minimum Gasteiger partial charge on any atom is -0.467 e. The maximum absolute atomic E-state index is 12.7. The average molecular weight is 305 g/mol. The molecule has 21 heavy (non-hydrogen) atoms. The molecule has 1 aliphatic rings. The van der Waals surface area contributed by atoms with Crippen LogP contribution in [0.5, 0.6) is 0 Å². The van der Waals surface area contributed by atoms with Crippen LogP contribution in [-0.2, 0) is 14.3 Å². The summed E-state index contributed by atoms with van der Waals surface area (Å²) in [6.45, 7) is 1.06. The van der Waals surface area contributed by atoms with Crippen LogP contribution in [-0.4, -0.2) is 49.7 Å². The van der Waals surface area contributed by atoms with E-state index >= 15 is 0 Å². The molecule has 1 aromatic carbocycles. The highest BCUT2D eigenvalue weighted by molar-refractivity contribution is 7.17. The zero-order chi connectivity index (χ0) is 14.8. The van der Waals surface area contributed by atoms with Crippen LogP contribution in [0.1, 0.15) is 10.4 Å². The molecule has 0 saturated carbocycles. The first kappa shape index (κ1) is 14.0. The highest BCUT2D eigenvalue weighted by Gasteiger charge is 2.31. The molecule has 1 aromatic heterocycles. The third-order valence-corrected chi connectivity index (χ3v) is 4.49. The summed E-state index contributed by atoms with van der Waals surface area (Å²) >= 11 is 1.55. The predicted octanol–water partition coefficient (Wildman–Crippen LogP) is 1.92. The Morgan fingerprint density at radius 1 is 1.38 bits per heavy atom. The standard InChI is InChI=1S/C15H15NO4S/c1-19-15(18)12-8-16(6-7-20-12)14(17)11-9-21-13-5-3-2-4-10(11)13/h2-5,9,12H,6-8H2,1H3. The number of esters is 1. The second-order valence-electron chi connectivity index (χ2n) is 4.78. The number of amides is 1. The van der Waals surface area contributed by atoms with E-state index in [-0.39, 0.29) is 12.5 Å². The number of methoxy groups -OCH3 is 1. The van der Waals surface area contributed by atoms with E-state index in [1.54, 1.807) is 16.2 Å². The molecular weight excluding hydrogens is 290 g/mol. The molecule has 5 nitrogen and oxygen atoms in total. The fourth-order valence-electron chi connectivity index (χ4n) is 2.42. The second kappa shape index (κ2) is 5.83. The lowest BCUT2D eigenvalue weighted by Gasteiger charge is -2.31. The van der Waals surface area contributed by atoms with E-state index in [9.17, 15) is 9.59 Å².